The molecule has 0 radical (unpaired) electrons. The number of thiophene rings is 1. The van der Waals surface area contributed by atoms with Crippen molar-refractivity contribution in [1.29, 1.82) is 0 Å². The molecule has 2 aromatic carbocycles. The van der Waals surface area contributed by atoms with E-state index in [-0.39, 0.29) is 17.4 Å². The quantitative estimate of drug-likeness (QED) is 0.403. The summed E-state index contributed by atoms with van der Waals surface area (Å²) in [4.78, 5) is 26.7. The van der Waals surface area contributed by atoms with Gasteiger partial charge in [0, 0.05) is 18.5 Å². The van der Waals surface area contributed by atoms with Crippen LogP contribution in [0.4, 0.5) is 0 Å². The van der Waals surface area contributed by atoms with Gasteiger partial charge in [0.1, 0.15) is 11.2 Å². The van der Waals surface area contributed by atoms with E-state index in [4.69, 9.17) is 0 Å². The number of hydrogen-bond donors (Lipinski definition) is 1. The lowest BCUT2D eigenvalue weighted by Crippen LogP contribution is -2.50. The molecule has 2 heterocycles. The summed E-state index contributed by atoms with van der Waals surface area (Å²) >= 11 is 1.54. The lowest BCUT2D eigenvalue weighted by Gasteiger charge is -2.26. The van der Waals surface area contributed by atoms with E-state index in [1.807, 2.05) is 53.9 Å². The predicted molar refractivity (Wildman–Crippen MR) is 133 cm³/mol. The minimum absolute atomic E-state index is 0.166. The molecule has 0 spiro atoms. The van der Waals surface area contributed by atoms with E-state index < -0.39 is 5.54 Å². The SMILES string of the molecule is CC(C)(C(=O)NCCC(c1ccccc1)c1ccccc1)n1nc(-c2cccs2)ccc1=O. The van der Waals surface area contributed by atoms with E-state index in [9.17, 15) is 9.59 Å². The van der Waals surface area contributed by atoms with Gasteiger partial charge in [-0.1, -0.05) is 66.7 Å². The number of carbonyl (C=O) groups excluding carboxylic acids is 1. The van der Waals surface area contributed by atoms with Gasteiger partial charge in [-0.3, -0.25) is 9.59 Å². The third-order valence-corrected chi connectivity index (χ3v) is 6.67. The molecule has 33 heavy (non-hydrogen) atoms. The van der Waals surface area contributed by atoms with Crippen molar-refractivity contribution in [3.05, 3.63) is 112 Å². The van der Waals surface area contributed by atoms with Gasteiger partial charge in [0.2, 0.25) is 5.91 Å². The molecule has 1 amide bonds. The van der Waals surface area contributed by atoms with Gasteiger partial charge in [-0.05, 0) is 48.9 Å². The molecule has 0 atom stereocenters. The van der Waals surface area contributed by atoms with E-state index in [1.54, 1.807) is 31.3 Å². The number of benzene rings is 2. The van der Waals surface area contributed by atoms with Crippen LogP contribution in [0.1, 0.15) is 37.3 Å². The Kier molecular flexibility index (Phi) is 6.84. The highest BCUT2D eigenvalue weighted by Gasteiger charge is 2.32. The van der Waals surface area contributed by atoms with Gasteiger partial charge >= 0.3 is 0 Å². The summed E-state index contributed by atoms with van der Waals surface area (Å²) < 4.78 is 1.28. The maximum absolute atomic E-state index is 13.2. The molecule has 0 aliphatic heterocycles. The Morgan fingerprint density at radius 3 is 2.15 bits per heavy atom. The first-order chi connectivity index (χ1) is 16.0. The lowest BCUT2D eigenvalue weighted by molar-refractivity contribution is -0.129. The number of amides is 1. The first kappa shape index (κ1) is 22.7. The molecule has 0 bridgehead atoms. The topological polar surface area (TPSA) is 64.0 Å². The Bertz CT molecular complexity index is 1210. The van der Waals surface area contributed by atoms with Crippen LogP contribution in [0.5, 0.6) is 0 Å². The zero-order chi connectivity index (χ0) is 23.3. The van der Waals surface area contributed by atoms with Gasteiger partial charge in [0.15, 0.2) is 0 Å². The van der Waals surface area contributed by atoms with Crippen molar-refractivity contribution in [3.8, 4) is 10.6 Å². The fourth-order valence-corrected chi connectivity index (χ4v) is 4.60. The monoisotopic (exact) mass is 457 g/mol. The van der Waals surface area contributed by atoms with Gasteiger partial charge in [0.05, 0.1) is 4.88 Å². The molecule has 0 aliphatic carbocycles. The molecule has 0 unspecified atom stereocenters. The Balaban J connectivity index is 1.50. The van der Waals surface area contributed by atoms with E-state index >= 15 is 0 Å². The van der Waals surface area contributed by atoms with Crippen LogP contribution in [0, 0.1) is 0 Å². The minimum Gasteiger partial charge on any atom is -0.354 e. The van der Waals surface area contributed by atoms with Crippen molar-refractivity contribution in [2.24, 2.45) is 0 Å². The minimum atomic E-state index is -1.13. The van der Waals surface area contributed by atoms with Crippen molar-refractivity contribution in [2.45, 2.75) is 31.7 Å². The number of nitrogens with one attached hydrogen (secondary N) is 1. The summed E-state index contributed by atoms with van der Waals surface area (Å²) in [7, 11) is 0. The van der Waals surface area contributed by atoms with E-state index in [0.717, 1.165) is 11.3 Å². The third kappa shape index (κ3) is 5.12. The normalized spacial score (nSPS) is 11.5. The van der Waals surface area contributed by atoms with Crippen molar-refractivity contribution in [1.82, 2.24) is 15.1 Å². The van der Waals surface area contributed by atoms with Gasteiger partial charge in [-0.15, -0.1) is 11.3 Å². The summed E-state index contributed by atoms with van der Waals surface area (Å²) in [6.07, 6.45) is 0.743. The molecule has 5 nitrogen and oxygen atoms in total. The van der Waals surface area contributed by atoms with Crippen LogP contribution in [0.3, 0.4) is 0 Å². The highest BCUT2D eigenvalue weighted by molar-refractivity contribution is 7.13. The highest BCUT2D eigenvalue weighted by atomic mass is 32.1. The molecule has 1 N–H and O–H groups in total. The van der Waals surface area contributed by atoms with Crippen LogP contribution in [0.15, 0.2) is 95.1 Å². The van der Waals surface area contributed by atoms with Crippen LogP contribution in [-0.2, 0) is 10.3 Å². The van der Waals surface area contributed by atoms with Crippen LogP contribution < -0.4 is 10.9 Å². The largest absolute Gasteiger partial charge is 0.354 e. The third-order valence-electron chi connectivity index (χ3n) is 5.78. The number of aromatic nitrogens is 2. The highest BCUT2D eigenvalue weighted by Crippen LogP contribution is 2.27. The lowest BCUT2D eigenvalue weighted by atomic mass is 9.88. The van der Waals surface area contributed by atoms with Gasteiger partial charge in [0.25, 0.3) is 5.56 Å². The molecule has 0 fully saturated rings. The molecule has 4 aromatic rings. The molecule has 6 heteroatoms. The number of hydrogen-bond acceptors (Lipinski definition) is 4. The van der Waals surface area contributed by atoms with E-state index in [2.05, 4.69) is 34.7 Å². The Hall–Kier alpha value is -3.51. The average Bonchev–Trinajstić information content (AvgIpc) is 3.38. The summed E-state index contributed by atoms with van der Waals surface area (Å²) in [6, 6.07) is 27.6. The molecule has 168 valence electrons. The second kappa shape index (κ2) is 9.96. The van der Waals surface area contributed by atoms with Crippen LogP contribution in [0.2, 0.25) is 0 Å². The van der Waals surface area contributed by atoms with Crippen LogP contribution in [-0.4, -0.2) is 22.2 Å². The number of carbonyl (C=O) groups is 1. The zero-order valence-electron chi connectivity index (χ0n) is 18.8. The second-order valence-electron chi connectivity index (χ2n) is 8.42. The standard InChI is InChI=1S/C27H27N3O2S/c1-27(2,30-25(31)16-15-23(29-30)24-14-9-19-33-24)26(32)28-18-17-22(20-10-5-3-6-11-20)21-12-7-4-8-13-21/h3-16,19,22H,17-18H2,1-2H3,(H,28,32). The summed E-state index contributed by atoms with van der Waals surface area (Å²) in [5.41, 5.74) is 1.66. The molecule has 2 aromatic heterocycles. The molecule has 0 saturated heterocycles. The molecule has 0 saturated carbocycles. The fourth-order valence-electron chi connectivity index (χ4n) is 3.91. The van der Waals surface area contributed by atoms with E-state index in [0.29, 0.717) is 12.2 Å². The van der Waals surface area contributed by atoms with E-state index in [1.165, 1.54) is 21.9 Å². The average molecular weight is 458 g/mol. The summed E-state index contributed by atoms with van der Waals surface area (Å²) in [5, 5.41) is 9.49. The molecule has 0 aliphatic rings. The smallest absolute Gasteiger partial charge is 0.267 e. The summed E-state index contributed by atoms with van der Waals surface area (Å²) in [6.45, 7) is 3.93. The van der Waals surface area contributed by atoms with Gasteiger partial charge in [-0.25, -0.2) is 4.68 Å². The predicted octanol–water partition coefficient (Wildman–Crippen LogP) is 5.05. The Labute approximate surface area is 197 Å². The number of nitrogens with zero attached hydrogens (tertiary/aromatic N) is 2. The van der Waals surface area contributed by atoms with Crippen molar-refractivity contribution < 1.29 is 4.79 Å². The first-order valence-corrected chi connectivity index (χ1v) is 11.9. The fraction of sp³-hybridized carbons (Fsp3) is 0.222. The molecular weight excluding hydrogens is 430 g/mol. The molecular formula is C27H27N3O2S. The van der Waals surface area contributed by atoms with Crippen LogP contribution >= 0.6 is 11.3 Å². The number of rotatable bonds is 8. The Morgan fingerprint density at radius 1 is 0.939 bits per heavy atom. The first-order valence-electron chi connectivity index (χ1n) is 11.0. The Morgan fingerprint density at radius 2 is 1.58 bits per heavy atom. The maximum atomic E-state index is 13.2. The molecule has 4 rings (SSSR count). The maximum Gasteiger partial charge on any atom is 0.267 e. The van der Waals surface area contributed by atoms with Crippen molar-refractivity contribution in [2.75, 3.05) is 6.54 Å². The van der Waals surface area contributed by atoms with Crippen molar-refractivity contribution >= 4 is 17.2 Å². The second-order valence-corrected chi connectivity index (χ2v) is 9.37. The van der Waals surface area contributed by atoms with Gasteiger partial charge in [-0.2, -0.15) is 5.10 Å². The zero-order valence-corrected chi connectivity index (χ0v) is 19.6. The van der Waals surface area contributed by atoms with Crippen molar-refractivity contribution in [3.63, 3.8) is 0 Å². The van der Waals surface area contributed by atoms with Gasteiger partial charge < -0.3 is 5.32 Å². The van der Waals surface area contributed by atoms with Crippen LogP contribution in [0.25, 0.3) is 10.6 Å². The summed E-state index contributed by atoms with van der Waals surface area (Å²) in [5.74, 6) is -0.0703.